The van der Waals surface area contributed by atoms with Gasteiger partial charge in [-0.1, -0.05) is 47.1 Å². The molecule has 2 aliphatic rings. The van der Waals surface area contributed by atoms with E-state index in [4.69, 9.17) is 4.74 Å². The molecule has 0 aliphatic heterocycles. The van der Waals surface area contributed by atoms with Crippen LogP contribution >= 0.6 is 0 Å². The number of aryl methyl sites for hydroxylation is 1. The van der Waals surface area contributed by atoms with Crippen LogP contribution in [0.4, 0.5) is 0 Å². The van der Waals surface area contributed by atoms with Gasteiger partial charge in [0.15, 0.2) is 0 Å². The molecule has 0 unspecified atom stereocenters. The van der Waals surface area contributed by atoms with Crippen molar-refractivity contribution < 1.29 is 4.74 Å². The van der Waals surface area contributed by atoms with Crippen LogP contribution < -0.4 is 4.74 Å². The number of methoxy groups -OCH3 is 1. The zero-order chi connectivity index (χ0) is 16.1. The van der Waals surface area contributed by atoms with Crippen LogP contribution in [0.5, 0.6) is 5.75 Å². The largest absolute Gasteiger partial charge is 0.496 e. The van der Waals surface area contributed by atoms with Gasteiger partial charge in [-0.15, -0.1) is 0 Å². The van der Waals surface area contributed by atoms with E-state index in [-0.39, 0.29) is 0 Å². The fourth-order valence-corrected chi connectivity index (χ4v) is 5.46. The first kappa shape index (κ1) is 15.9. The first-order chi connectivity index (χ1) is 10.3. The van der Waals surface area contributed by atoms with Gasteiger partial charge in [-0.25, -0.2) is 0 Å². The molecule has 1 aromatic rings. The number of rotatable bonds is 2. The van der Waals surface area contributed by atoms with Crippen molar-refractivity contribution in [2.75, 3.05) is 7.11 Å². The van der Waals surface area contributed by atoms with Gasteiger partial charge in [-0.2, -0.15) is 0 Å². The highest BCUT2D eigenvalue weighted by Crippen LogP contribution is 2.57. The van der Waals surface area contributed by atoms with E-state index in [2.05, 4.69) is 46.8 Å². The SMILES string of the molecule is COc1cc2c(cc1C(C)C)[C@@]1(C)CCCC(C)(C)[C@@H]1CC2. The second kappa shape index (κ2) is 5.28. The highest BCUT2D eigenvalue weighted by Gasteiger charge is 2.49. The van der Waals surface area contributed by atoms with E-state index < -0.39 is 0 Å². The first-order valence-electron chi connectivity index (χ1n) is 9.01. The summed E-state index contributed by atoms with van der Waals surface area (Å²) in [5, 5.41) is 0. The molecule has 0 saturated heterocycles. The Balaban J connectivity index is 2.15. The summed E-state index contributed by atoms with van der Waals surface area (Å²) in [4.78, 5) is 0. The molecule has 22 heavy (non-hydrogen) atoms. The average molecular weight is 300 g/mol. The minimum Gasteiger partial charge on any atom is -0.496 e. The first-order valence-corrected chi connectivity index (χ1v) is 9.01. The molecule has 0 radical (unpaired) electrons. The van der Waals surface area contributed by atoms with E-state index in [1.54, 1.807) is 5.56 Å². The molecular formula is C21H32O. The lowest BCUT2D eigenvalue weighted by Gasteiger charge is -2.54. The molecule has 2 aliphatic carbocycles. The van der Waals surface area contributed by atoms with Gasteiger partial charge in [0.1, 0.15) is 5.75 Å². The molecule has 0 aromatic heterocycles. The standard InChI is InChI=1S/C21H32O/c1-14(2)16-13-17-15(12-18(16)22-6)8-9-19-20(3,4)10-7-11-21(17,19)5/h12-14,19H,7-11H2,1-6H3/t19-,21+/m0/s1. The molecule has 122 valence electrons. The van der Waals surface area contributed by atoms with Gasteiger partial charge in [0, 0.05) is 0 Å². The van der Waals surface area contributed by atoms with Crippen molar-refractivity contribution in [1.29, 1.82) is 0 Å². The normalized spacial score (nSPS) is 29.9. The van der Waals surface area contributed by atoms with Gasteiger partial charge in [-0.3, -0.25) is 0 Å². The van der Waals surface area contributed by atoms with Gasteiger partial charge in [0.25, 0.3) is 0 Å². The quantitative estimate of drug-likeness (QED) is 0.666. The highest BCUT2D eigenvalue weighted by atomic mass is 16.5. The maximum Gasteiger partial charge on any atom is 0.122 e. The maximum atomic E-state index is 5.68. The van der Waals surface area contributed by atoms with Gasteiger partial charge in [0.05, 0.1) is 7.11 Å². The van der Waals surface area contributed by atoms with Gasteiger partial charge >= 0.3 is 0 Å². The van der Waals surface area contributed by atoms with E-state index in [9.17, 15) is 0 Å². The fraction of sp³-hybridized carbons (Fsp3) is 0.714. The molecule has 0 heterocycles. The summed E-state index contributed by atoms with van der Waals surface area (Å²) >= 11 is 0. The number of hydrogen-bond donors (Lipinski definition) is 0. The number of benzene rings is 1. The van der Waals surface area contributed by atoms with E-state index in [0.717, 1.165) is 11.7 Å². The van der Waals surface area contributed by atoms with Crippen LogP contribution in [0.25, 0.3) is 0 Å². The Bertz CT molecular complexity index is 570. The molecule has 0 bridgehead atoms. The van der Waals surface area contributed by atoms with E-state index in [1.807, 2.05) is 7.11 Å². The molecule has 1 aromatic carbocycles. The molecule has 0 amide bonds. The highest BCUT2D eigenvalue weighted by molar-refractivity contribution is 5.49. The van der Waals surface area contributed by atoms with Crippen molar-refractivity contribution in [2.24, 2.45) is 11.3 Å². The molecule has 1 fully saturated rings. The molecule has 2 atom stereocenters. The lowest BCUT2D eigenvalue weighted by atomic mass is 9.50. The summed E-state index contributed by atoms with van der Waals surface area (Å²) in [6, 6.07) is 4.83. The lowest BCUT2D eigenvalue weighted by Crippen LogP contribution is -2.47. The summed E-state index contributed by atoms with van der Waals surface area (Å²) in [5.74, 6) is 2.42. The van der Waals surface area contributed by atoms with Crippen molar-refractivity contribution in [3.05, 3.63) is 28.8 Å². The fourth-order valence-electron chi connectivity index (χ4n) is 5.46. The van der Waals surface area contributed by atoms with E-state index in [1.165, 1.54) is 43.2 Å². The van der Waals surface area contributed by atoms with Crippen molar-refractivity contribution in [3.63, 3.8) is 0 Å². The Labute approximate surface area is 136 Å². The molecule has 0 spiro atoms. The van der Waals surface area contributed by atoms with Crippen molar-refractivity contribution in [1.82, 2.24) is 0 Å². The summed E-state index contributed by atoms with van der Waals surface area (Å²) in [6.07, 6.45) is 6.64. The molecule has 3 rings (SSSR count). The van der Waals surface area contributed by atoms with Gasteiger partial charge < -0.3 is 4.74 Å². The minimum atomic E-state index is 0.352. The third kappa shape index (κ3) is 2.28. The van der Waals surface area contributed by atoms with E-state index >= 15 is 0 Å². The second-order valence-corrected chi connectivity index (χ2v) is 8.76. The third-order valence-electron chi connectivity index (χ3n) is 6.62. The zero-order valence-electron chi connectivity index (χ0n) is 15.3. The Morgan fingerprint density at radius 1 is 1.14 bits per heavy atom. The second-order valence-electron chi connectivity index (χ2n) is 8.76. The zero-order valence-corrected chi connectivity index (χ0v) is 15.3. The van der Waals surface area contributed by atoms with Crippen molar-refractivity contribution in [3.8, 4) is 5.75 Å². The lowest BCUT2D eigenvalue weighted by molar-refractivity contribution is 0.0406. The molecule has 0 N–H and O–H groups in total. The predicted octanol–water partition coefficient (Wildman–Crippen LogP) is 5.85. The Hall–Kier alpha value is -0.980. The smallest absolute Gasteiger partial charge is 0.122 e. The van der Waals surface area contributed by atoms with Crippen LogP contribution in [0, 0.1) is 11.3 Å². The van der Waals surface area contributed by atoms with Crippen LogP contribution in [0.2, 0.25) is 0 Å². The molecular weight excluding hydrogens is 268 g/mol. The van der Waals surface area contributed by atoms with Gasteiger partial charge in [0.2, 0.25) is 0 Å². The van der Waals surface area contributed by atoms with Crippen LogP contribution in [0.1, 0.15) is 82.9 Å². The Kier molecular flexibility index (Phi) is 3.82. The molecule has 1 heteroatoms. The minimum absolute atomic E-state index is 0.352. The average Bonchev–Trinajstić information content (AvgIpc) is 2.44. The number of hydrogen-bond acceptors (Lipinski definition) is 1. The summed E-state index contributed by atoms with van der Waals surface area (Å²) < 4.78 is 5.68. The van der Waals surface area contributed by atoms with Gasteiger partial charge in [-0.05, 0) is 71.1 Å². The van der Waals surface area contributed by atoms with Crippen molar-refractivity contribution >= 4 is 0 Å². The summed E-state index contributed by atoms with van der Waals surface area (Å²) in [7, 11) is 1.81. The number of ether oxygens (including phenoxy) is 1. The Morgan fingerprint density at radius 3 is 2.50 bits per heavy atom. The molecule has 1 nitrogen and oxygen atoms in total. The monoisotopic (exact) mass is 300 g/mol. The third-order valence-corrected chi connectivity index (χ3v) is 6.62. The van der Waals surface area contributed by atoms with Crippen LogP contribution in [-0.2, 0) is 11.8 Å². The Morgan fingerprint density at radius 2 is 1.86 bits per heavy atom. The van der Waals surface area contributed by atoms with Crippen LogP contribution in [-0.4, -0.2) is 7.11 Å². The summed E-state index contributed by atoms with van der Waals surface area (Å²) in [6.45, 7) is 12.1. The maximum absolute atomic E-state index is 5.68. The van der Waals surface area contributed by atoms with E-state index in [0.29, 0.717) is 16.7 Å². The number of fused-ring (bicyclic) bond motifs is 3. The predicted molar refractivity (Wildman–Crippen MR) is 93.9 cm³/mol. The van der Waals surface area contributed by atoms with Crippen LogP contribution in [0.15, 0.2) is 12.1 Å². The molecule has 1 saturated carbocycles. The topological polar surface area (TPSA) is 9.23 Å². The van der Waals surface area contributed by atoms with Crippen molar-refractivity contribution in [2.45, 2.75) is 78.1 Å². The summed E-state index contributed by atoms with van der Waals surface area (Å²) in [5.41, 5.74) is 5.37. The van der Waals surface area contributed by atoms with Crippen LogP contribution in [0.3, 0.4) is 0 Å².